The van der Waals surface area contributed by atoms with Crippen molar-refractivity contribution >= 4 is 5.69 Å². The first-order valence-corrected chi connectivity index (χ1v) is 7.59. The average Bonchev–Trinajstić information content (AvgIpc) is 2.86. The van der Waals surface area contributed by atoms with Gasteiger partial charge in [0, 0.05) is 17.6 Å². The van der Waals surface area contributed by atoms with Gasteiger partial charge in [0.15, 0.2) is 0 Å². The summed E-state index contributed by atoms with van der Waals surface area (Å²) in [4.78, 5) is 2.18. The Morgan fingerprint density at radius 1 is 1.09 bits per heavy atom. The fourth-order valence-corrected chi connectivity index (χ4v) is 4.01. The van der Waals surface area contributed by atoms with E-state index < -0.39 is 6.36 Å². The van der Waals surface area contributed by atoms with Crippen LogP contribution in [0, 0.1) is 11.5 Å². The lowest BCUT2D eigenvalue weighted by Crippen LogP contribution is -2.49. The quantitative estimate of drug-likeness (QED) is 0.815. The molecular formula is C16H17F3NO2. The SMILES string of the molecule is FC(F)(F)Oc1ccc(N2CCC34CC[C](CC3)OC24)cc1. The van der Waals surface area contributed by atoms with Gasteiger partial charge in [0.25, 0.3) is 0 Å². The van der Waals surface area contributed by atoms with E-state index in [0.29, 0.717) is 0 Å². The van der Waals surface area contributed by atoms with Crippen LogP contribution >= 0.6 is 0 Å². The van der Waals surface area contributed by atoms with Crippen molar-refractivity contribution in [2.75, 3.05) is 11.4 Å². The van der Waals surface area contributed by atoms with Gasteiger partial charge in [0.1, 0.15) is 12.0 Å². The number of ether oxygens (including phenoxy) is 2. The van der Waals surface area contributed by atoms with Crippen molar-refractivity contribution in [2.45, 2.75) is 44.7 Å². The zero-order valence-electron chi connectivity index (χ0n) is 12.0. The van der Waals surface area contributed by atoms with Crippen LogP contribution in [0.4, 0.5) is 18.9 Å². The molecule has 4 aliphatic rings. The van der Waals surface area contributed by atoms with Crippen LogP contribution in [0.25, 0.3) is 0 Å². The Bertz CT molecular complexity index is 550. The molecule has 1 spiro atoms. The lowest BCUT2D eigenvalue weighted by Gasteiger charge is -2.49. The van der Waals surface area contributed by atoms with Crippen molar-refractivity contribution in [3.63, 3.8) is 0 Å². The van der Waals surface area contributed by atoms with Gasteiger partial charge in [-0.25, -0.2) is 0 Å². The van der Waals surface area contributed by atoms with E-state index in [2.05, 4.69) is 9.64 Å². The topological polar surface area (TPSA) is 21.7 Å². The maximum atomic E-state index is 12.2. The summed E-state index contributed by atoms with van der Waals surface area (Å²) >= 11 is 0. The highest BCUT2D eigenvalue weighted by molar-refractivity contribution is 5.51. The minimum absolute atomic E-state index is 0.0411. The highest BCUT2D eigenvalue weighted by Gasteiger charge is 2.55. The molecule has 3 heterocycles. The highest BCUT2D eigenvalue weighted by atomic mass is 19.4. The maximum absolute atomic E-state index is 12.2. The Morgan fingerprint density at radius 2 is 1.77 bits per heavy atom. The van der Waals surface area contributed by atoms with Crippen LogP contribution in [-0.4, -0.2) is 19.1 Å². The summed E-state index contributed by atoms with van der Waals surface area (Å²) in [6, 6.07) is 6.08. The molecule has 6 heteroatoms. The summed E-state index contributed by atoms with van der Waals surface area (Å²) in [6.07, 6.45) is 2.10. The smallest absolute Gasteiger partial charge is 0.406 e. The second-order valence-electron chi connectivity index (χ2n) is 6.36. The Morgan fingerprint density at radius 3 is 2.41 bits per heavy atom. The number of hydrogen-bond donors (Lipinski definition) is 0. The van der Waals surface area contributed by atoms with Crippen LogP contribution in [0.2, 0.25) is 0 Å². The fraction of sp³-hybridized carbons (Fsp3) is 0.562. The van der Waals surface area contributed by atoms with E-state index in [-0.39, 0.29) is 17.4 Å². The van der Waals surface area contributed by atoms with E-state index in [9.17, 15) is 13.2 Å². The predicted octanol–water partition coefficient (Wildman–Crippen LogP) is 4.24. The molecule has 3 nitrogen and oxygen atoms in total. The van der Waals surface area contributed by atoms with Gasteiger partial charge in [-0.3, -0.25) is 0 Å². The minimum Gasteiger partial charge on any atom is -0.406 e. The van der Waals surface area contributed by atoms with Gasteiger partial charge in [0.2, 0.25) is 0 Å². The van der Waals surface area contributed by atoms with Gasteiger partial charge in [0.05, 0.1) is 6.10 Å². The highest BCUT2D eigenvalue weighted by Crippen LogP contribution is 2.57. The van der Waals surface area contributed by atoms with Crippen molar-refractivity contribution in [3.05, 3.63) is 30.4 Å². The molecule has 1 aromatic rings. The molecule has 119 valence electrons. The number of fused-ring (bicyclic) bond motifs is 2. The largest absolute Gasteiger partial charge is 0.573 e. The predicted molar refractivity (Wildman–Crippen MR) is 74.1 cm³/mol. The molecule has 1 unspecified atom stereocenters. The molecule has 0 aromatic heterocycles. The lowest BCUT2D eigenvalue weighted by atomic mass is 9.69. The molecule has 1 saturated carbocycles. The van der Waals surface area contributed by atoms with Crippen molar-refractivity contribution < 1.29 is 22.6 Å². The molecule has 2 bridgehead atoms. The summed E-state index contributed by atoms with van der Waals surface area (Å²) in [5, 5.41) is 0. The second-order valence-corrected chi connectivity index (χ2v) is 6.36. The number of alkyl halides is 3. The molecule has 5 rings (SSSR count). The van der Waals surface area contributed by atoms with Crippen molar-refractivity contribution in [1.29, 1.82) is 0 Å². The Labute approximate surface area is 127 Å². The number of halogens is 3. The van der Waals surface area contributed by atoms with Gasteiger partial charge < -0.3 is 14.4 Å². The number of rotatable bonds is 2. The van der Waals surface area contributed by atoms with Crippen LogP contribution in [0.1, 0.15) is 32.1 Å². The third-order valence-corrected chi connectivity index (χ3v) is 5.14. The lowest BCUT2D eigenvalue weighted by molar-refractivity contribution is -0.274. The van der Waals surface area contributed by atoms with Gasteiger partial charge >= 0.3 is 6.36 Å². The number of anilines is 1. The van der Waals surface area contributed by atoms with Crippen molar-refractivity contribution in [2.24, 2.45) is 5.41 Å². The van der Waals surface area contributed by atoms with E-state index in [1.54, 1.807) is 12.1 Å². The average molecular weight is 312 g/mol. The molecule has 0 N–H and O–H groups in total. The zero-order valence-corrected chi connectivity index (χ0v) is 12.0. The van der Waals surface area contributed by atoms with Crippen molar-refractivity contribution in [1.82, 2.24) is 0 Å². The molecule has 4 fully saturated rings. The maximum Gasteiger partial charge on any atom is 0.573 e. The van der Waals surface area contributed by atoms with Crippen LogP contribution in [0.5, 0.6) is 5.75 Å². The molecule has 22 heavy (non-hydrogen) atoms. The first-order valence-electron chi connectivity index (χ1n) is 7.59. The molecule has 1 radical (unpaired) electrons. The molecule has 3 aliphatic heterocycles. The third-order valence-electron chi connectivity index (χ3n) is 5.14. The Kier molecular flexibility index (Phi) is 3.08. The van der Waals surface area contributed by atoms with E-state index in [4.69, 9.17) is 4.74 Å². The van der Waals surface area contributed by atoms with E-state index in [1.165, 1.54) is 31.1 Å². The number of hydrogen-bond acceptors (Lipinski definition) is 3. The molecule has 3 saturated heterocycles. The van der Waals surface area contributed by atoms with Gasteiger partial charge in [-0.1, -0.05) is 0 Å². The molecule has 0 amide bonds. The Hall–Kier alpha value is -1.43. The van der Waals surface area contributed by atoms with E-state index in [1.807, 2.05) is 0 Å². The molecule has 1 aliphatic carbocycles. The van der Waals surface area contributed by atoms with Crippen LogP contribution in [-0.2, 0) is 4.74 Å². The van der Waals surface area contributed by atoms with Crippen LogP contribution in [0.3, 0.4) is 0 Å². The van der Waals surface area contributed by atoms with Crippen LogP contribution in [0.15, 0.2) is 24.3 Å². The third kappa shape index (κ3) is 2.33. The zero-order chi connectivity index (χ0) is 15.4. The molecule has 1 atom stereocenters. The molecular weight excluding hydrogens is 295 g/mol. The van der Waals surface area contributed by atoms with E-state index in [0.717, 1.165) is 31.5 Å². The Balaban J connectivity index is 1.53. The summed E-state index contributed by atoms with van der Waals surface area (Å²) in [7, 11) is 0. The normalized spacial score (nSPS) is 31.4. The van der Waals surface area contributed by atoms with E-state index >= 15 is 0 Å². The number of nitrogens with zero attached hydrogens (tertiary/aromatic N) is 1. The minimum atomic E-state index is -4.65. The first-order chi connectivity index (χ1) is 10.5. The fourth-order valence-electron chi connectivity index (χ4n) is 4.01. The summed E-state index contributed by atoms with van der Waals surface area (Å²) in [5.74, 6) is -0.189. The first kappa shape index (κ1) is 14.2. The van der Waals surface area contributed by atoms with Crippen LogP contribution < -0.4 is 9.64 Å². The van der Waals surface area contributed by atoms with Gasteiger partial charge in [-0.05, 0) is 56.4 Å². The number of benzene rings is 1. The summed E-state index contributed by atoms with van der Waals surface area (Å²) in [6.45, 7) is 0.886. The molecule has 1 aromatic carbocycles. The standard InChI is InChI=1S/C16H17F3NO2/c17-16(18,19)22-13-3-1-11(2-4-13)20-10-9-15-7-5-12(6-8-15)21-14(15)20/h1-4,14H,5-10H2. The second kappa shape index (κ2) is 4.78. The van der Waals surface area contributed by atoms with Gasteiger partial charge in [-0.2, -0.15) is 0 Å². The van der Waals surface area contributed by atoms with Gasteiger partial charge in [-0.15, -0.1) is 13.2 Å². The van der Waals surface area contributed by atoms with Crippen molar-refractivity contribution in [3.8, 4) is 5.75 Å². The monoisotopic (exact) mass is 312 g/mol. The summed E-state index contributed by atoms with van der Waals surface area (Å²) < 4.78 is 46.7. The summed E-state index contributed by atoms with van der Waals surface area (Å²) in [5.41, 5.74) is 1.12.